The number of benzene rings is 3. The van der Waals surface area contributed by atoms with E-state index in [0.29, 0.717) is 10.7 Å². The van der Waals surface area contributed by atoms with E-state index >= 15 is 0 Å². The van der Waals surface area contributed by atoms with Gasteiger partial charge in [-0.1, -0.05) is 48.5 Å². The number of carbonyl (C=O) groups excluding carboxylic acids is 1. The number of thiazole rings is 1. The number of carboxylic acids is 1. The number of carbonyl (C=O) groups is 2. The third-order valence-electron chi connectivity index (χ3n) is 6.74. The van der Waals surface area contributed by atoms with E-state index in [0.717, 1.165) is 32.7 Å². The van der Waals surface area contributed by atoms with Gasteiger partial charge in [0.1, 0.15) is 6.61 Å². The van der Waals surface area contributed by atoms with Gasteiger partial charge >= 0.3 is 11.9 Å². The molecule has 192 valence electrons. The monoisotopic (exact) mass is 528 g/mol. The van der Waals surface area contributed by atoms with Crippen LogP contribution in [0.4, 0.5) is 5.69 Å². The molecule has 0 saturated heterocycles. The highest BCUT2D eigenvalue weighted by Gasteiger charge is 2.30. The van der Waals surface area contributed by atoms with Gasteiger partial charge in [-0.2, -0.15) is 0 Å². The predicted octanol–water partition coefficient (Wildman–Crippen LogP) is 6.02. The van der Waals surface area contributed by atoms with E-state index in [1.54, 1.807) is 19.1 Å². The van der Waals surface area contributed by atoms with Gasteiger partial charge in [-0.05, 0) is 46.9 Å². The lowest BCUT2D eigenvalue weighted by Gasteiger charge is -2.15. The quantitative estimate of drug-likeness (QED) is 0.160. The van der Waals surface area contributed by atoms with Crippen LogP contribution in [0, 0.1) is 23.0 Å². The number of rotatable bonds is 9. The standard InChI is InChI=1S/C29H24N2O6S/c1-17-28(18-10-12-20(13-11-18)31(35)36)38-26(30-17)14-19(29(33)34)15-27(32)37-16-25-23-8-4-2-6-21(23)22-7-3-5-9-24(22)25/h2-13,19,25H,14-16H2,1H3,(H,33,34)/t19-/m1/s1. The second-order valence-electron chi connectivity index (χ2n) is 9.18. The molecule has 0 saturated carbocycles. The SMILES string of the molecule is Cc1nc(C[C@H](CC(=O)OCC2c3ccccc3-c3ccccc32)C(=O)O)sc1-c1ccc([N+](=O)[O-])cc1. The number of carboxylic acid groups (broad SMARTS) is 1. The van der Waals surface area contributed by atoms with Crippen molar-refractivity contribution in [2.24, 2.45) is 5.92 Å². The highest BCUT2D eigenvalue weighted by Crippen LogP contribution is 2.44. The Morgan fingerprint density at radius 3 is 2.21 bits per heavy atom. The lowest BCUT2D eigenvalue weighted by molar-refractivity contribution is -0.384. The van der Waals surface area contributed by atoms with Crippen LogP contribution in [-0.2, 0) is 20.7 Å². The van der Waals surface area contributed by atoms with Crippen molar-refractivity contribution in [3.63, 3.8) is 0 Å². The first-order valence-electron chi connectivity index (χ1n) is 12.1. The molecule has 0 fully saturated rings. The average molecular weight is 529 g/mol. The largest absolute Gasteiger partial charge is 0.481 e. The Balaban J connectivity index is 1.25. The molecule has 5 rings (SSSR count). The van der Waals surface area contributed by atoms with Crippen molar-refractivity contribution in [3.05, 3.63) is 105 Å². The van der Waals surface area contributed by atoms with Gasteiger partial charge in [-0.25, -0.2) is 4.98 Å². The van der Waals surface area contributed by atoms with Crippen molar-refractivity contribution < 1.29 is 24.4 Å². The van der Waals surface area contributed by atoms with Gasteiger partial charge in [0.2, 0.25) is 0 Å². The normalized spacial score (nSPS) is 13.0. The smallest absolute Gasteiger partial charge is 0.307 e. The number of esters is 1. The highest BCUT2D eigenvalue weighted by atomic mass is 32.1. The maximum atomic E-state index is 12.8. The molecule has 0 unspecified atom stereocenters. The zero-order chi connectivity index (χ0) is 26.8. The van der Waals surface area contributed by atoms with Gasteiger partial charge in [0, 0.05) is 24.5 Å². The Kier molecular flexibility index (Phi) is 7.02. The molecule has 0 radical (unpaired) electrons. The van der Waals surface area contributed by atoms with E-state index in [-0.39, 0.29) is 31.1 Å². The van der Waals surface area contributed by atoms with Crippen molar-refractivity contribution in [3.8, 4) is 21.6 Å². The molecule has 0 spiro atoms. The van der Waals surface area contributed by atoms with E-state index in [1.807, 2.05) is 36.4 Å². The summed E-state index contributed by atoms with van der Waals surface area (Å²) in [5, 5.41) is 21.3. The first kappa shape index (κ1) is 25.3. The highest BCUT2D eigenvalue weighted by molar-refractivity contribution is 7.15. The van der Waals surface area contributed by atoms with E-state index in [1.165, 1.54) is 23.5 Å². The molecular weight excluding hydrogens is 504 g/mol. The zero-order valence-electron chi connectivity index (χ0n) is 20.5. The Morgan fingerprint density at radius 2 is 1.63 bits per heavy atom. The van der Waals surface area contributed by atoms with Crippen molar-refractivity contribution in [2.75, 3.05) is 6.61 Å². The molecule has 0 amide bonds. The molecule has 1 aliphatic rings. The van der Waals surface area contributed by atoms with Gasteiger partial charge < -0.3 is 9.84 Å². The van der Waals surface area contributed by atoms with Crippen molar-refractivity contribution in [2.45, 2.75) is 25.7 Å². The minimum Gasteiger partial charge on any atom is -0.481 e. The summed E-state index contributed by atoms with van der Waals surface area (Å²) in [4.78, 5) is 40.5. The average Bonchev–Trinajstić information content (AvgIpc) is 3.44. The van der Waals surface area contributed by atoms with Gasteiger partial charge in [0.15, 0.2) is 0 Å². The molecule has 1 heterocycles. The number of non-ortho nitro benzene ring substituents is 1. The number of nitrogens with zero attached hydrogens (tertiary/aromatic N) is 2. The Labute approximate surface area is 222 Å². The Morgan fingerprint density at radius 1 is 1.03 bits per heavy atom. The number of hydrogen-bond acceptors (Lipinski definition) is 7. The molecule has 1 N–H and O–H groups in total. The van der Waals surface area contributed by atoms with Crippen LogP contribution >= 0.6 is 11.3 Å². The molecular formula is C29H24N2O6S. The summed E-state index contributed by atoms with van der Waals surface area (Å²) in [5.74, 6) is -2.74. The van der Waals surface area contributed by atoms with Crippen molar-refractivity contribution in [1.29, 1.82) is 0 Å². The fourth-order valence-electron chi connectivity index (χ4n) is 4.88. The van der Waals surface area contributed by atoms with Crippen molar-refractivity contribution in [1.82, 2.24) is 4.98 Å². The van der Waals surface area contributed by atoms with Gasteiger partial charge in [0.25, 0.3) is 5.69 Å². The molecule has 38 heavy (non-hydrogen) atoms. The van der Waals surface area contributed by atoms with Gasteiger partial charge in [0.05, 0.1) is 32.8 Å². The van der Waals surface area contributed by atoms with E-state index in [4.69, 9.17) is 4.74 Å². The number of aliphatic carboxylic acids is 1. The minimum absolute atomic E-state index is 0.00910. The number of aryl methyl sites for hydroxylation is 1. The van der Waals surface area contributed by atoms with Crippen LogP contribution in [0.15, 0.2) is 72.8 Å². The van der Waals surface area contributed by atoms with Gasteiger partial charge in [-0.3, -0.25) is 19.7 Å². The summed E-state index contributed by atoms with van der Waals surface area (Å²) in [6.45, 7) is 1.94. The van der Waals surface area contributed by atoms with Crippen molar-refractivity contribution >= 4 is 29.0 Å². The van der Waals surface area contributed by atoms with E-state index < -0.39 is 22.8 Å². The Hall–Kier alpha value is -4.37. The summed E-state index contributed by atoms with van der Waals surface area (Å²) in [7, 11) is 0. The molecule has 1 aromatic heterocycles. The number of fused-ring (bicyclic) bond motifs is 3. The molecule has 9 heteroatoms. The third kappa shape index (κ3) is 5.05. The third-order valence-corrected chi connectivity index (χ3v) is 7.97. The maximum absolute atomic E-state index is 12.8. The number of ether oxygens (including phenoxy) is 1. The molecule has 8 nitrogen and oxygen atoms in total. The molecule has 4 aromatic rings. The van der Waals surface area contributed by atoms with Crippen LogP contribution in [0.5, 0.6) is 0 Å². The second-order valence-corrected chi connectivity index (χ2v) is 10.3. The fraction of sp³-hybridized carbons (Fsp3) is 0.207. The van der Waals surface area contributed by atoms with Gasteiger partial charge in [-0.15, -0.1) is 11.3 Å². The number of aromatic nitrogens is 1. The van der Waals surface area contributed by atoms with E-state index in [9.17, 15) is 24.8 Å². The van der Waals surface area contributed by atoms with Crippen LogP contribution in [0.1, 0.15) is 34.2 Å². The number of hydrogen-bond donors (Lipinski definition) is 1. The van der Waals surface area contributed by atoms with Crippen LogP contribution in [0.2, 0.25) is 0 Å². The summed E-state index contributed by atoms with van der Waals surface area (Å²) >= 11 is 1.32. The number of nitro groups is 1. The second kappa shape index (κ2) is 10.5. The van der Waals surface area contributed by atoms with Crippen LogP contribution in [0.25, 0.3) is 21.6 Å². The Bertz CT molecular complexity index is 1480. The summed E-state index contributed by atoms with van der Waals surface area (Å²) < 4.78 is 5.61. The maximum Gasteiger partial charge on any atom is 0.307 e. The molecule has 1 atom stereocenters. The topological polar surface area (TPSA) is 120 Å². The minimum atomic E-state index is -1.09. The van der Waals surface area contributed by atoms with E-state index in [2.05, 4.69) is 17.1 Å². The first-order chi connectivity index (χ1) is 18.3. The molecule has 3 aromatic carbocycles. The number of nitro benzene ring substituents is 1. The van der Waals surface area contributed by atoms with Crippen LogP contribution in [0.3, 0.4) is 0 Å². The summed E-state index contributed by atoms with van der Waals surface area (Å²) in [5.41, 5.74) is 5.88. The van der Waals surface area contributed by atoms with Crippen LogP contribution < -0.4 is 0 Å². The lowest BCUT2D eigenvalue weighted by atomic mass is 9.98. The summed E-state index contributed by atoms with van der Waals surface area (Å²) in [6, 6.07) is 22.2. The fourth-order valence-corrected chi connectivity index (χ4v) is 6.03. The first-order valence-corrected chi connectivity index (χ1v) is 12.9. The molecule has 0 bridgehead atoms. The zero-order valence-corrected chi connectivity index (χ0v) is 21.3. The predicted molar refractivity (Wildman–Crippen MR) is 143 cm³/mol. The molecule has 0 aliphatic heterocycles. The molecule has 1 aliphatic carbocycles. The lowest BCUT2D eigenvalue weighted by Crippen LogP contribution is -2.22. The van der Waals surface area contributed by atoms with Crippen LogP contribution in [-0.4, -0.2) is 33.6 Å². The summed E-state index contributed by atoms with van der Waals surface area (Å²) in [6.07, 6.45) is -0.186.